The van der Waals surface area contributed by atoms with Crippen molar-refractivity contribution in [1.29, 1.82) is 0 Å². The molecule has 152 valence electrons. The third-order valence-corrected chi connectivity index (χ3v) is 5.80. The lowest BCUT2D eigenvalue weighted by molar-refractivity contribution is 0.243. The molecule has 1 aromatic heterocycles. The number of rotatable bonds is 7. The van der Waals surface area contributed by atoms with E-state index in [9.17, 15) is 22.4 Å². The van der Waals surface area contributed by atoms with Gasteiger partial charge < -0.3 is 4.74 Å². The molecule has 11 heteroatoms. The van der Waals surface area contributed by atoms with Crippen LogP contribution in [0.3, 0.4) is 0 Å². The van der Waals surface area contributed by atoms with Crippen molar-refractivity contribution in [3.63, 3.8) is 0 Å². The van der Waals surface area contributed by atoms with Gasteiger partial charge in [0.25, 0.3) is 10.0 Å². The van der Waals surface area contributed by atoms with E-state index in [1.54, 1.807) is 26.0 Å². The van der Waals surface area contributed by atoms with E-state index >= 15 is 0 Å². The summed E-state index contributed by atoms with van der Waals surface area (Å²) >= 11 is 0. The van der Waals surface area contributed by atoms with E-state index in [1.165, 1.54) is 10.6 Å². The first-order valence-electron chi connectivity index (χ1n) is 8.86. The van der Waals surface area contributed by atoms with Crippen molar-refractivity contribution >= 4 is 16.1 Å². The lowest BCUT2D eigenvalue weighted by Crippen LogP contribution is -2.41. The fourth-order valence-electron chi connectivity index (χ4n) is 2.98. The van der Waals surface area contributed by atoms with Crippen LogP contribution in [-0.2, 0) is 16.4 Å². The third kappa shape index (κ3) is 3.79. The molecular formula is C17H21FN4O5S. The van der Waals surface area contributed by atoms with Crippen LogP contribution in [0.1, 0.15) is 37.2 Å². The number of halogens is 1. The van der Waals surface area contributed by atoms with Crippen molar-refractivity contribution in [2.45, 2.75) is 44.0 Å². The van der Waals surface area contributed by atoms with E-state index in [1.807, 2.05) is 4.72 Å². The van der Waals surface area contributed by atoms with Crippen molar-refractivity contribution in [3.8, 4) is 5.75 Å². The zero-order chi connectivity index (χ0) is 20.5. The summed E-state index contributed by atoms with van der Waals surface area (Å²) in [6, 6.07) is 3.34. The highest BCUT2D eigenvalue weighted by Crippen LogP contribution is 2.34. The number of aryl methyl sites for hydroxylation is 2. The van der Waals surface area contributed by atoms with Crippen molar-refractivity contribution in [2.24, 2.45) is 0 Å². The SMILES string of the molecule is CCc1cccc(OCCF)c1S(=O)(=O)NC(=O)n1nc(C)n(C2CC2)c1=O. The molecule has 28 heavy (non-hydrogen) atoms. The van der Waals surface area contributed by atoms with Crippen LogP contribution in [0.5, 0.6) is 5.75 Å². The average molecular weight is 412 g/mol. The summed E-state index contributed by atoms with van der Waals surface area (Å²) in [4.78, 5) is 24.6. The number of sulfonamides is 1. The molecule has 9 nitrogen and oxygen atoms in total. The molecule has 1 heterocycles. The van der Waals surface area contributed by atoms with Crippen LogP contribution in [0.4, 0.5) is 9.18 Å². The number of benzene rings is 1. The molecule has 0 radical (unpaired) electrons. The quantitative estimate of drug-likeness (QED) is 0.738. The molecule has 3 rings (SSSR count). The predicted octanol–water partition coefficient (Wildman–Crippen LogP) is 1.55. The van der Waals surface area contributed by atoms with E-state index in [-0.39, 0.29) is 23.3 Å². The summed E-state index contributed by atoms with van der Waals surface area (Å²) in [5, 5.41) is 3.87. The largest absolute Gasteiger partial charge is 0.489 e. The van der Waals surface area contributed by atoms with Gasteiger partial charge in [-0.05, 0) is 37.8 Å². The Hall–Kier alpha value is -2.69. The molecule has 1 saturated carbocycles. The maximum atomic E-state index is 12.9. The number of ether oxygens (including phenoxy) is 1. The smallest absolute Gasteiger partial charge is 0.360 e. The number of hydrogen-bond donors (Lipinski definition) is 1. The monoisotopic (exact) mass is 412 g/mol. The number of nitrogens with zero attached hydrogens (tertiary/aromatic N) is 3. The van der Waals surface area contributed by atoms with E-state index in [0.717, 1.165) is 12.8 Å². The van der Waals surface area contributed by atoms with Gasteiger partial charge in [-0.2, -0.15) is 0 Å². The first-order chi connectivity index (χ1) is 13.3. The first-order valence-corrected chi connectivity index (χ1v) is 10.3. The zero-order valence-electron chi connectivity index (χ0n) is 15.5. The van der Waals surface area contributed by atoms with Crippen LogP contribution in [0.25, 0.3) is 0 Å². The number of nitrogens with one attached hydrogen (secondary N) is 1. The molecule has 1 aliphatic rings. The Balaban J connectivity index is 1.95. The topological polar surface area (TPSA) is 112 Å². The minimum atomic E-state index is -4.39. The van der Waals surface area contributed by atoms with Gasteiger partial charge in [0, 0.05) is 6.04 Å². The second-order valence-electron chi connectivity index (χ2n) is 6.39. The molecule has 1 aliphatic carbocycles. The normalized spacial score (nSPS) is 14.1. The van der Waals surface area contributed by atoms with Crippen LogP contribution in [0, 0.1) is 6.92 Å². The average Bonchev–Trinajstić information content (AvgIpc) is 3.43. The predicted molar refractivity (Wildman–Crippen MR) is 97.9 cm³/mol. The van der Waals surface area contributed by atoms with Crippen molar-refractivity contribution in [3.05, 3.63) is 40.1 Å². The molecule has 0 unspecified atom stereocenters. The molecule has 1 amide bonds. The summed E-state index contributed by atoms with van der Waals surface area (Å²) in [5.74, 6) is 0.269. The van der Waals surface area contributed by atoms with Gasteiger partial charge in [-0.1, -0.05) is 19.1 Å². The lowest BCUT2D eigenvalue weighted by Gasteiger charge is -2.15. The number of carbonyl (C=O) groups is 1. The maximum absolute atomic E-state index is 12.9. The van der Waals surface area contributed by atoms with Gasteiger partial charge >= 0.3 is 11.7 Å². The first kappa shape index (κ1) is 20.1. The van der Waals surface area contributed by atoms with Crippen molar-refractivity contribution in [2.75, 3.05) is 13.3 Å². The van der Waals surface area contributed by atoms with E-state index in [4.69, 9.17) is 4.74 Å². The highest BCUT2D eigenvalue weighted by Gasteiger charge is 2.32. The molecule has 1 aromatic carbocycles. The van der Waals surface area contributed by atoms with Gasteiger partial charge in [0.15, 0.2) is 0 Å². The minimum Gasteiger partial charge on any atom is -0.489 e. The summed E-state index contributed by atoms with van der Waals surface area (Å²) in [5.41, 5.74) is -0.297. The standard InChI is InChI=1S/C17H21FN4O5S/c1-3-12-5-4-6-14(27-10-9-18)15(12)28(25,26)20-16(23)22-17(24)21(11(2)19-22)13-7-8-13/h4-6,13H,3,7-10H2,1-2H3,(H,20,23). The number of amides is 1. The van der Waals surface area contributed by atoms with Gasteiger partial charge in [-0.15, -0.1) is 9.78 Å². The molecule has 0 atom stereocenters. The Morgan fingerprint density at radius 3 is 2.71 bits per heavy atom. The van der Waals surface area contributed by atoms with Gasteiger partial charge in [0.05, 0.1) is 0 Å². The van der Waals surface area contributed by atoms with Gasteiger partial charge in [-0.25, -0.2) is 27.1 Å². The maximum Gasteiger partial charge on any atom is 0.360 e. The van der Waals surface area contributed by atoms with E-state index in [0.29, 0.717) is 22.5 Å². The number of carbonyl (C=O) groups excluding carboxylic acids is 1. The minimum absolute atomic E-state index is 0.00724. The van der Waals surface area contributed by atoms with Crippen LogP contribution in [0.15, 0.2) is 27.9 Å². The molecule has 0 saturated heterocycles. The van der Waals surface area contributed by atoms with Crippen LogP contribution in [-0.4, -0.2) is 42.1 Å². The fourth-order valence-corrected chi connectivity index (χ4v) is 4.35. The summed E-state index contributed by atoms with van der Waals surface area (Å²) in [6.45, 7) is 2.19. The number of alkyl halides is 1. The molecule has 0 bridgehead atoms. The summed E-state index contributed by atoms with van der Waals surface area (Å²) < 4.78 is 47.2. The van der Waals surface area contributed by atoms with Crippen LogP contribution < -0.4 is 15.1 Å². The van der Waals surface area contributed by atoms with E-state index < -0.39 is 28.4 Å². The highest BCUT2D eigenvalue weighted by molar-refractivity contribution is 7.90. The fraction of sp³-hybridized carbons (Fsp3) is 0.471. The lowest BCUT2D eigenvalue weighted by atomic mass is 10.1. The molecule has 0 spiro atoms. The van der Waals surface area contributed by atoms with Gasteiger partial charge in [0.2, 0.25) is 0 Å². The summed E-state index contributed by atoms with van der Waals surface area (Å²) in [6.07, 6.45) is 1.96. The molecule has 2 aromatic rings. The molecular weight excluding hydrogens is 391 g/mol. The number of hydrogen-bond acceptors (Lipinski definition) is 6. The van der Waals surface area contributed by atoms with Crippen LogP contribution >= 0.6 is 0 Å². The molecule has 0 aliphatic heterocycles. The summed E-state index contributed by atoms with van der Waals surface area (Å²) in [7, 11) is -4.39. The van der Waals surface area contributed by atoms with Crippen molar-refractivity contribution in [1.82, 2.24) is 19.1 Å². The van der Waals surface area contributed by atoms with Crippen LogP contribution in [0.2, 0.25) is 0 Å². The second kappa shape index (κ2) is 7.74. The van der Waals surface area contributed by atoms with Gasteiger partial charge in [0.1, 0.15) is 29.8 Å². The Morgan fingerprint density at radius 1 is 1.39 bits per heavy atom. The second-order valence-corrected chi connectivity index (χ2v) is 8.01. The van der Waals surface area contributed by atoms with Crippen molar-refractivity contribution < 1.29 is 22.3 Å². The highest BCUT2D eigenvalue weighted by atomic mass is 32.2. The molecule has 1 fully saturated rings. The van der Waals surface area contributed by atoms with Gasteiger partial charge in [-0.3, -0.25) is 4.57 Å². The Kier molecular flexibility index (Phi) is 5.54. The zero-order valence-corrected chi connectivity index (χ0v) is 16.3. The molecule has 1 N–H and O–H groups in total. The third-order valence-electron chi connectivity index (χ3n) is 4.35. The Bertz CT molecular complexity index is 1060. The van der Waals surface area contributed by atoms with E-state index in [2.05, 4.69) is 5.10 Å². The Morgan fingerprint density at radius 2 is 2.11 bits per heavy atom. The number of aromatic nitrogens is 3. The Labute approximate surface area is 161 Å².